The maximum atomic E-state index is 12.3. The van der Waals surface area contributed by atoms with E-state index in [0.717, 1.165) is 0 Å². The molecule has 2 heterocycles. The van der Waals surface area contributed by atoms with Crippen LogP contribution in [0.1, 0.15) is 12.8 Å². The van der Waals surface area contributed by atoms with Crippen molar-refractivity contribution in [1.82, 2.24) is 10.2 Å². The third-order valence-corrected chi connectivity index (χ3v) is 8.43. The smallest absolute Gasteiger partial charge is 0.225 e. The van der Waals surface area contributed by atoms with Crippen molar-refractivity contribution in [1.29, 1.82) is 0 Å². The molecule has 0 spiro atoms. The summed E-state index contributed by atoms with van der Waals surface area (Å²) in [7, 11) is -6.60. The topological polar surface area (TPSA) is 118 Å². The molecule has 1 aromatic carbocycles. The zero-order valence-electron chi connectivity index (χ0n) is 14.7. The van der Waals surface area contributed by atoms with Gasteiger partial charge in [0.15, 0.2) is 19.7 Å². The van der Waals surface area contributed by atoms with Crippen molar-refractivity contribution in [2.45, 2.75) is 23.8 Å². The van der Waals surface area contributed by atoms with Gasteiger partial charge in [0.05, 0.1) is 28.1 Å². The lowest BCUT2D eigenvalue weighted by atomic mass is 10.1. The Kier molecular flexibility index (Phi) is 5.57. The minimum Gasteiger partial charge on any atom is -0.355 e. The van der Waals surface area contributed by atoms with Gasteiger partial charge in [-0.25, -0.2) is 16.8 Å². The number of benzene rings is 1. The van der Waals surface area contributed by atoms with Crippen molar-refractivity contribution in [3.05, 3.63) is 30.3 Å². The van der Waals surface area contributed by atoms with Crippen molar-refractivity contribution in [3.63, 3.8) is 0 Å². The number of hydrogen-bond acceptors (Lipinski definition) is 6. The second-order valence-corrected chi connectivity index (χ2v) is 11.3. The van der Waals surface area contributed by atoms with Crippen molar-refractivity contribution in [2.24, 2.45) is 5.92 Å². The first kappa shape index (κ1) is 19.8. The number of hydrogen-bond donors (Lipinski definition) is 1. The van der Waals surface area contributed by atoms with Gasteiger partial charge in [0, 0.05) is 25.6 Å². The SMILES string of the molecule is O=C(NCCS(=O)(=O)c1ccccc1)[C@@H]1CC(=O)N([C@H]2CCS(=O)(=O)C2)C1. The molecule has 1 N–H and O–H groups in total. The van der Waals surface area contributed by atoms with Gasteiger partial charge in [-0.05, 0) is 18.6 Å². The maximum Gasteiger partial charge on any atom is 0.225 e. The van der Waals surface area contributed by atoms with Crippen molar-refractivity contribution >= 4 is 31.5 Å². The Morgan fingerprint density at radius 1 is 1.22 bits per heavy atom. The average Bonchev–Trinajstić information content (AvgIpc) is 3.17. The summed E-state index contributed by atoms with van der Waals surface area (Å²) in [6.45, 7) is 0.134. The highest BCUT2D eigenvalue weighted by Gasteiger charge is 2.41. The standard InChI is InChI=1S/C17H22N2O6S2/c20-16-10-13(11-19(16)14-6-8-26(22,23)12-14)17(21)18-7-9-27(24,25)15-4-2-1-3-5-15/h1-5,13-14H,6-12H2,(H,18,21)/t13-,14+/m1/s1. The average molecular weight is 415 g/mol. The van der Waals surface area contributed by atoms with Crippen molar-refractivity contribution in [3.8, 4) is 0 Å². The molecule has 0 unspecified atom stereocenters. The van der Waals surface area contributed by atoms with E-state index < -0.39 is 25.6 Å². The van der Waals surface area contributed by atoms with Gasteiger partial charge >= 0.3 is 0 Å². The van der Waals surface area contributed by atoms with Crippen LogP contribution in [0.2, 0.25) is 0 Å². The Labute approximate surface area is 158 Å². The monoisotopic (exact) mass is 414 g/mol. The molecule has 27 heavy (non-hydrogen) atoms. The number of rotatable bonds is 6. The molecule has 2 atom stereocenters. The summed E-state index contributed by atoms with van der Waals surface area (Å²) in [5, 5.41) is 2.58. The number of nitrogens with zero attached hydrogens (tertiary/aromatic N) is 1. The number of carbonyl (C=O) groups excluding carboxylic acids is 2. The Bertz CT molecular complexity index is 927. The Balaban J connectivity index is 1.51. The third kappa shape index (κ3) is 4.67. The summed E-state index contributed by atoms with van der Waals surface area (Å²) >= 11 is 0. The first-order chi connectivity index (χ1) is 12.7. The third-order valence-electron chi connectivity index (χ3n) is 4.95. The lowest BCUT2D eigenvalue weighted by molar-refractivity contribution is -0.130. The Hall–Kier alpha value is -1.94. The van der Waals surface area contributed by atoms with Gasteiger partial charge in [0.25, 0.3) is 0 Å². The zero-order valence-corrected chi connectivity index (χ0v) is 16.3. The predicted octanol–water partition coefficient (Wildman–Crippen LogP) is -0.388. The number of carbonyl (C=O) groups is 2. The fraction of sp³-hybridized carbons (Fsp3) is 0.529. The summed E-state index contributed by atoms with van der Waals surface area (Å²) in [4.78, 5) is 26.1. The molecule has 10 heteroatoms. The fourth-order valence-corrected chi connectivity index (χ4v) is 6.39. The van der Waals surface area contributed by atoms with Crippen LogP contribution in [0.3, 0.4) is 0 Å². The number of likely N-dealkylation sites (tertiary alicyclic amines) is 1. The number of sulfone groups is 2. The highest BCUT2D eigenvalue weighted by molar-refractivity contribution is 7.91. The summed E-state index contributed by atoms with van der Waals surface area (Å²) in [6.07, 6.45) is 0.422. The molecule has 0 bridgehead atoms. The van der Waals surface area contributed by atoms with Crippen LogP contribution < -0.4 is 5.32 Å². The number of nitrogens with one attached hydrogen (secondary N) is 1. The van der Waals surface area contributed by atoms with E-state index in [1.807, 2.05) is 0 Å². The van der Waals surface area contributed by atoms with Gasteiger partial charge < -0.3 is 10.2 Å². The van der Waals surface area contributed by atoms with E-state index in [2.05, 4.69) is 5.32 Å². The van der Waals surface area contributed by atoms with Gasteiger partial charge in [-0.3, -0.25) is 9.59 Å². The van der Waals surface area contributed by atoms with E-state index in [1.165, 1.54) is 17.0 Å². The second-order valence-electron chi connectivity index (χ2n) is 6.93. The van der Waals surface area contributed by atoms with E-state index in [9.17, 15) is 26.4 Å². The van der Waals surface area contributed by atoms with Crippen molar-refractivity contribution < 1.29 is 26.4 Å². The molecule has 0 aromatic heterocycles. The van der Waals surface area contributed by atoms with Crippen LogP contribution in [0.25, 0.3) is 0 Å². The molecular weight excluding hydrogens is 392 g/mol. The van der Waals surface area contributed by atoms with Gasteiger partial charge in [-0.15, -0.1) is 0 Å². The van der Waals surface area contributed by atoms with Crippen LogP contribution in [0.15, 0.2) is 35.2 Å². The summed E-state index contributed by atoms with van der Waals surface area (Å²) in [6, 6.07) is 7.62. The molecule has 2 fully saturated rings. The van der Waals surface area contributed by atoms with Crippen LogP contribution in [-0.4, -0.2) is 69.9 Å². The zero-order chi connectivity index (χ0) is 19.7. The number of amides is 2. The molecule has 2 aliphatic rings. The van der Waals surface area contributed by atoms with Gasteiger partial charge in [0.1, 0.15) is 0 Å². The lowest BCUT2D eigenvalue weighted by Crippen LogP contribution is -2.39. The first-order valence-electron chi connectivity index (χ1n) is 8.73. The maximum absolute atomic E-state index is 12.3. The normalized spacial score (nSPS) is 24.9. The minimum atomic E-state index is -3.49. The lowest BCUT2D eigenvalue weighted by Gasteiger charge is -2.22. The van der Waals surface area contributed by atoms with E-state index in [4.69, 9.17) is 0 Å². The molecule has 0 saturated carbocycles. The summed E-state index contributed by atoms with van der Waals surface area (Å²) in [5.74, 6) is -1.41. The first-order valence-corrected chi connectivity index (χ1v) is 12.2. The Morgan fingerprint density at radius 3 is 2.56 bits per heavy atom. The molecule has 0 aliphatic carbocycles. The fourth-order valence-electron chi connectivity index (χ4n) is 3.48. The predicted molar refractivity (Wildman–Crippen MR) is 98.4 cm³/mol. The molecular formula is C17H22N2O6S2. The molecule has 2 amide bonds. The second kappa shape index (κ2) is 7.59. The van der Waals surface area contributed by atoms with Crippen LogP contribution in [0.4, 0.5) is 0 Å². The Morgan fingerprint density at radius 2 is 1.93 bits per heavy atom. The molecule has 2 saturated heterocycles. The molecule has 148 valence electrons. The quantitative estimate of drug-likeness (QED) is 0.678. The molecule has 1 aromatic rings. The highest BCUT2D eigenvalue weighted by Crippen LogP contribution is 2.26. The summed E-state index contributed by atoms with van der Waals surface area (Å²) in [5.41, 5.74) is 0. The van der Waals surface area contributed by atoms with Crippen LogP contribution >= 0.6 is 0 Å². The van der Waals surface area contributed by atoms with E-state index in [0.29, 0.717) is 6.42 Å². The largest absolute Gasteiger partial charge is 0.355 e. The van der Waals surface area contributed by atoms with E-state index in [-0.39, 0.29) is 59.5 Å². The molecule has 8 nitrogen and oxygen atoms in total. The van der Waals surface area contributed by atoms with Crippen LogP contribution in [0, 0.1) is 5.92 Å². The molecule has 3 rings (SSSR count). The van der Waals surface area contributed by atoms with Gasteiger partial charge in [0.2, 0.25) is 11.8 Å². The van der Waals surface area contributed by atoms with Crippen LogP contribution in [-0.2, 0) is 29.3 Å². The van der Waals surface area contributed by atoms with E-state index >= 15 is 0 Å². The van der Waals surface area contributed by atoms with Gasteiger partial charge in [-0.1, -0.05) is 18.2 Å². The van der Waals surface area contributed by atoms with E-state index in [1.54, 1.807) is 18.2 Å². The minimum absolute atomic E-state index is 0.0216. The van der Waals surface area contributed by atoms with Crippen LogP contribution in [0.5, 0.6) is 0 Å². The van der Waals surface area contributed by atoms with Crippen molar-refractivity contribution in [2.75, 3.05) is 30.3 Å². The molecule has 2 aliphatic heterocycles. The van der Waals surface area contributed by atoms with Gasteiger partial charge in [-0.2, -0.15) is 0 Å². The molecule has 0 radical (unpaired) electrons. The summed E-state index contributed by atoms with van der Waals surface area (Å²) < 4.78 is 47.6. The highest BCUT2D eigenvalue weighted by atomic mass is 32.2.